The number of rotatable bonds is 1. The number of fused-ring (bicyclic) bond motifs is 2. The molecule has 6 heteroatoms. The van der Waals surface area contributed by atoms with Gasteiger partial charge in [-0.3, -0.25) is 0 Å². The van der Waals surface area contributed by atoms with Crippen LogP contribution in [-0.2, 0) is 4.74 Å². The minimum Gasteiger partial charge on any atom is -0.385 e. The van der Waals surface area contributed by atoms with E-state index in [-0.39, 0.29) is 0 Å². The summed E-state index contributed by atoms with van der Waals surface area (Å²) < 4.78 is 4.54. The maximum absolute atomic E-state index is 5.02. The molecule has 2 aromatic rings. The van der Waals surface area contributed by atoms with Crippen molar-refractivity contribution in [1.82, 2.24) is 10.2 Å². The number of benzene rings is 1. The van der Waals surface area contributed by atoms with Crippen LogP contribution in [-0.4, -0.2) is 50.6 Å². The zero-order valence-corrected chi connectivity index (χ0v) is 16.9. The van der Waals surface area contributed by atoms with E-state index in [1.165, 1.54) is 21.0 Å². The van der Waals surface area contributed by atoms with Gasteiger partial charge in [0.2, 0.25) is 0 Å². The number of nitrogens with zero attached hydrogens (tertiary/aromatic N) is 2. The van der Waals surface area contributed by atoms with E-state index in [1.54, 1.807) is 18.4 Å². The van der Waals surface area contributed by atoms with Crippen molar-refractivity contribution in [3.05, 3.63) is 40.3 Å². The second-order valence-corrected chi connectivity index (χ2v) is 7.75. The average Bonchev–Trinajstić information content (AvgIpc) is 2.95. The van der Waals surface area contributed by atoms with Gasteiger partial charge < -0.3 is 20.3 Å². The highest BCUT2D eigenvalue weighted by Crippen LogP contribution is 2.39. The Morgan fingerprint density at radius 3 is 2.62 bits per heavy atom. The van der Waals surface area contributed by atoms with Gasteiger partial charge in [-0.2, -0.15) is 0 Å². The quantitative estimate of drug-likeness (QED) is 0.793. The first-order chi connectivity index (χ1) is 12.6. The number of thiophene rings is 1. The molecule has 2 aliphatic heterocycles. The molecule has 2 aliphatic rings. The summed E-state index contributed by atoms with van der Waals surface area (Å²) in [6, 6.07) is 8.68. The molecule has 0 bridgehead atoms. The first-order valence-corrected chi connectivity index (χ1v) is 9.95. The van der Waals surface area contributed by atoms with E-state index in [4.69, 9.17) is 4.99 Å². The van der Waals surface area contributed by atoms with Gasteiger partial charge in [-0.1, -0.05) is 6.07 Å². The minimum atomic E-state index is 0.819. The highest BCUT2D eigenvalue weighted by atomic mass is 32.1. The molecule has 0 spiro atoms. The number of hydrogen-bond donors (Lipinski definition) is 2. The molecule has 0 aliphatic carbocycles. The molecule has 0 radical (unpaired) electrons. The maximum atomic E-state index is 5.02. The van der Waals surface area contributed by atoms with Gasteiger partial charge in [0.15, 0.2) is 0 Å². The Morgan fingerprint density at radius 2 is 1.92 bits per heavy atom. The molecular formula is C20H28N4OS. The Balaban J connectivity index is 0.000000447. The molecule has 26 heavy (non-hydrogen) atoms. The van der Waals surface area contributed by atoms with Crippen molar-refractivity contribution in [1.29, 1.82) is 0 Å². The molecule has 140 valence electrons. The Bertz CT molecular complexity index is 776. The number of hydrogen-bond acceptors (Lipinski definition) is 6. The second kappa shape index (κ2) is 8.66. The molecule has 1 aromatic carbocycles. The summed E-state index contributed by atoms with van der Waals surface area (Å²) in [5, 5.41) is 8.22. The van der Waals surface area contributed by atoms with Gasteiger partial charge in [0, 0.05) is 44.8 Å². The van der Waals surface area contributed by atoms with Crippen LogP contribution in [0.25, 0.3) is 0 Å². The van der Waals surface area contributed by atoms with E-state index in [1.807, 2.05) is 6.92 Å². The maximum Gasteiger partial charge on any atom is 0.139 e. The Morgan fingerprint density at radius 1 is 1.19 bits per heavy atom. The van der Waals surface area contributed by atoms with Crippen molar-refractivity contribution in [2.24, 2.45) is 4.99 Å². The molecule has 0 saturated carbocycles. The third kappa shape index (κ3) is 4.26. The lowest BCUT2D eigenvalue weighted by molar-refractivity contribution is 0.215. The van der Waals surface area contributed by atoms with Crippen molar-refractivity contribution in [2.75, 3.05) is 45.2 Å². The summed E-state index contributed by atoms with van der Waals surface area (Å²) in [4.78, 5) is 8.73. The molecule has 3 heterocycles. The normalized spacial score (nSPS) is 15.7. The Kier molecular flexibility index (Phi) is 6.29. The lowest BCUT2D eigenvalue weighted by Crippen LogP contribution is -2.46. The summed E-state index contributed by atoms with van der Waals surface area (Å²) in [6.45, 7) is 11.1. The lowest BCUT2D eigenvalue weighted by atomic mass is 10.2. The van der Waals surface area contributed by atoms with Crippen LogP contribution >= 0.6 is 11.3 Å². The first kappa shape index (κ1) is 18.9. The van der Waals surface area contributed by atoms with Gasteiger partial charge in [0.1, 0.15) is 10.8 Å². The lowest BCUT2D eigenvalue weighted by Gasteiger charge is -2.30. The number of piperazine rings is 1. The summed E-state index contributed by atoms with van der Waals surface area (Å²) in [7, 11) is 1.68. The van der Waals surface area contributed by atoms with Gasteiger partial charge >= 0.3 is 0 Å². The summed E-state index contributed by atoms with van der Waals surface area (Å²) in [5.74, 6) is 1.11. The zero-order valence-electron chi connectivity index (χ0n) is 16.1. The molecule has 0 atom stereocenters. The topological polar surface area (TPSA) is 48.9 Å². The van der Waals surface area contributed by atoms with Crippen LogP contribution in [0.2, 0.25) is 0 Å². The molecule has 5 nitrogen and oxygen atoms in total. The van der Waals surface area contributed by atoms with Gasteiger partial charge in [-0.15, -0.1) is 11.3 Å². The fourth-order valence-electron chi connectivity index (χ4n) is 3.04. The fraction of sp³-hybridized carbons (Fsp3) is 0.450. The molecule has 1 saturated heterocycles. The Hall–Kier alpha value is -1.89. The van der Waals surface area contributed by atoms with Crippen LogP contribution in [0.15, 0.2) is 29.3 Å². The van der Waals surface area contributed by atoms with E-state index in [9.17, 15) is 0 Å². The monoisotopic (exact) mass is 372 g/mol. The minimum absolute atomic E-state index is 0.819. The average molecular weight is 373 g/mol. The van der Waals surface area contributed by atoms with Crippen molar-refractivity contribution in [3.63, 3.8) is 0 Å². The van der Waals surface area contributed by atoms with Crippen molar-refractivity contribution in [3.8, 4) is 0 Å². The van der Waals surface area contributed by atoms with Crippen LogP contribution in [0.3, 0.4) is 0 Å². The van der Waals surface area contributed by atoms with E-state index >= 15 is 0 Å². The highest BCUT2D eigenvalue weighted by molar-refractivity contribution is 7.16. The molecule has 0 unspecified atom stereocenters. The van der Waals surface area contributed by atoms with Crippen LogP contribution in [0.1, 0.15) is 22.9 Å². The van der Waals surface area contributed by atoms with Crippen molar-refractivity contribution >= 4 is 33.5 Å². The Labute approximate surface area is 160 Å². The number of aryl methyl sites for hydroxylation is 2. The molecule has 1 fully saturated rings. The van der Waals surface area contributed by atoms with Crippen LogP contribution < -0.4 is 10.6 Å². The van der Waals surface area contributed by atoms with Crippen LogP contribution in [0.5, 0.6) is 0 Å². The molecule has 2 N–H and O–H groups in total. The standard InChI is InChI=1S/C17H20N4S.C3H8O/c1-11-3-4-14-15(9-11)20-17-13(10-12(2)22-17)16(19-14)21-7-5-18-6-8-21;1-3-4-2/h3-4,9-10,18,20H,5-8H2,1-2H3;3H2,1-2H3. The fourth-order valence-corrected chi connectivity index (χ4v) is 3.95. The zero-order chi connectivity index (χ0) is 18.5. The van der Waals surface area contributed by atoms with E-state index in [2.05, 4.69) is 58.4 Å². The summed E-state index contributed by atoms with van der Waals surface area (Å²) in [6.07, 6.45) is 0. The predicted molar refractivity (Wildman–Crippen MR) is 112 cm³/mol. The van der Waals surface area contributed by atoms with Gasteiger partial charge in [-0.05, 0) is 44.5 Å². The third-order valence-electron chi connectivity index (χ3n) is 4.43. The first-order valence-electron chi connectivity index (χ1n) is 9.14. The largest absolute Gasteiger partial charge is 0.385 e. The predicted octanol–water partition coefficient (Wildman–Crippen LogP) is 4.06. The number of anilines is 2. The number of methoxy groups -OCH3 is 1. The number of aliphatic imine (C=N–C) groups is 1. The van der Waals surface area contributed by atoms with Gasteiger partial charge in [0.05, 0.1) is 16.9 Å². The number of amidine groups is 1. The van der Waals surface area contributed by atoms with Crippen molar-refractivity contribution < 1.29 is 4.74 Å². The third-order valence-corrected chi connectivity index (χ3v) is 5.39. The number of nitrogens with one attached hydrogen (secondary N) is 2. The smallest absolute Gasteiger partial charge is 0.139 e. The highest BCUT2D eigenvalue weighted by Gasteiger charge is 2.24. The van der Waals surface area contributed by atoms with E-state index < -0.39 is 0 Å². The summed E-state index contributed by atoms with van der Waals surface area (Å²) >= 11 is 1.81. The van der Waals surface area contributed by atoms with Crippen LogP contribution in [0.4, 0.5) is 16.4 Å². The molecule has 0 amide bonds. The molecule has 4 rings (SSSR count). The summed E-state index contributed by atoms with van der Waals surface area (Å²) in [5.41, 5.74) is 4.62. The SMILES string of the molecule is CCOC.Cc1ccc2c(c1)Nc1sc(C)cc1C(N1CCNCC1)=N2. The van der Waals surface area contributed by atoms with Gasteiger partial charge in [0.25, 0.3) is 0 Å². The second-order valence-electron chi connectivity index (χ2n) is 6.50. The van der Waals surface area contributed by atoms with E-state index in [0.29, 0.717) is 0 Å². The molecular weight excluding hydrogens is 344 g/mol. The van der Waals surface area contributed by atoms with Crippen LogP contribution in [0, 0.1) is 13.8 Å². The molecule has 1 aromatic heterocycles. The van der Waals surface area contributed by atoms with Gasteiger partial charge in [-0.25, -0.2) is 4.99 Å². The van der Waals surface area contributed by atoms with E-state index in [0.717, 1.165) is 50.0 Å². The number of ether oxygens (including phenoxy) is 1. The van der Waals surface area contributed by atoms with Crippen molar-refractivity contribution in [2.45, 2.75) is 20.8 Å².